The number of carbonyl (C=O) groups excluding carboxylic acids is 1. The number of alkyl halides is 1. The molecule has 0 spiro atoms. The molecule has 4 nitrogen and oxygen atoms in total. The topological polar surface area (TPSA) is 63.6 Å². The van der Waals surface area contributed by atoms with E-state index in [-0.39, 0.29) is 12.8 Å². The van der Waals surface area contributed by atoms with Gasteiger partial charge in [0.1, 0.15) is 0 Å². The first kappa shape index (κ1) is 11.9. The molecule has 0 aliphatic rings. The van der Waals surface area contributed by atoms with Gasteiger partial charge < -0.3 is 9.84 Å². The van der Waals surface area contributed by atoms with Gasteiger partial charge in [-0.15, -0.1) is 0 Å². The third kappa shape index (κ3) is 2.68. The highest BCUT2D eigenvalue weighted by Gasteiger charge is 2.41. The lowest BCUT2D eigenvalue weighted by molar-refractivity contribution is -0.166. The van der Waals surface area contributed by atoms with Gasteiger partial charge in [0.05, 0.1) is 13.8 Å². The summed E-state index contributed by atoms with van der Waals surface area (Å²) in [5, 5.41) is 8.74. The number of carboxylic acid groups (broad SMARTS) is 1. The average Bonchev–Trinajstić information content (AvgIpc) is 2.12. The van der Waals surface area contributed by atoms with E-state index in [0.29, 0.717) is 0 Å². The quantitative estimate of drug-likeness (QED) is 0.521. The molecule has 5 heteroatoms. The molecule has 1 N–H and O–H groups in total. The summed E-state index contributed by atoms with van der Waals surface area (Å²) in [5.74, 6) is -2.12. The normalized spacial score (nSPS) is 14.7. The Morgan fingerprint density at radius 2 is 2.08 bits per heavy atom. The monoisotopic (exact) mass is 192 g/mol. The van der Waals surface area contributed by atoms with E-state index in [0.717, 1.165) is 7.11 Å². The second kappa shape index (κ2) is 4.79. The molecule has 0 aliphatic carbocycles. The number of carboxylic acids is 1. The Kier molecular flexibility index (Phi) is 4.37. The number of hydrogen-bond acceptors (Lipinski definition) is 3. The van der Waals surface area contributed by atoms with Crippen molar-refractivity contribution in [2.75, 3.05) is 13.8 Å². The van der Waals surface area contributed by atoms with Crippen LogP contribution in [0.5, 0.6) is 0 Å². The summed E-state index contributed by atoms with van der Waals surface area (Å²) in [6, 6.07) is 0. The minimum absolute atomic E-state index is 0.0396. The molecule has 13 heavy (non-hydrogen) atoms. The molecule has 0 saturated heterocycles. The van der Waals surface area contributed by atoms with Crippen molar-refractivity contribution < 1.29 is 23.8 Å². The Bertz CT molecular complexity index is 204. The summed E-state index contributed by atoms with van der Waals surface area (Å²) in [4.78, 5) is 21.8. The Balaban J connectivity index is 4.52. The highest BCUT2D eigenvalue weighted by molar-refractivity contribution is 5.98. The van der Waals surface area contributed by atoms with Crippen LogP contribution < -0.4 is 0 Å². The van der Waals surface area contributed by atoms with Gasteiger partial charge in [-0.2, -0.15) is 0 Å². The molecule has 1 unspecified atom stereocenters. The number of halogens is 1. The Morgan fingerprint density at radius 1 is 1.54 bits per heavy atom. The third-order valence-corrected chi connectivity index (χ3v) is 1.92. The van der Waals surface area contributed by atoms with E-state index < -0.39 is 24.0 Å². The number of hydrogen-bond donors (Lipinski definition) is 1. The molecule has 0 heterocycles. The van der Waals surface area contributed by atoms with Gasteiger partial charge in [-0.05, 0) is 19.8 Å². The molecule has 1 atom stereocenters. The summed E-state index contributed by atoms with van der Waals surface area (Å²) in [6.45, 7) is 0.594. The molecule has 0 bridgehead atoms. The largest absolute Gasteiger partial charge is 0.480 e. The zero-order valence-corrected chi connectivity index (χ0v) is 7.67. The van der Waals surface area contributed by atoms with Crippen molar-refractivity contribution in [1.82, 2.24) is 0 Å². The van der Waals surface area contributed by atoms with Crippen molar-refractivity contribution in [3.63, 3.8) is 0 Å². The van der Waals surface area contributed by atoms with Gasteiger partial charge in [0.25, 0.3) is 0 Å². The van der Waals surface area contributed by atoms with Gasteiger partial charge in [0.15, 0.2) is 5.41 Å². The predicted octanol–water partition coefficient (Wildman–Crippen LogP) is 1.00. The summed E-state index contributed by atoms with van der Waals surface area (Å²) in [7, 11) is 1.11. The molecule has 0 saturated carbocycles. The van der Waals surface area contributed by atoms with Gasteiger partial charge in [-0.3, -0.25) is 14.0 Å². The third-order valence-electron chi connectivity index (χ3n) is 1.92. The van der Waals surface area contributed by atoms with Crippen LogP contribution in [0.3, 0.4) is 0 Å². The van der Waals surface area contributed by atoms with Gasteiger partial charge >= 0.3 is 11.9 Å². The predicted molar refractivity (Wildman–Crippen MR) is 43.0 cm³/mol. The smallest absolute Gasteiger partial charge is 0.322 e. The minimum Gasteiger partial charge on any atom is -0.480 e. The van der Waals surface area contributed by atoms with Crippen molar-refractivity contribution in [3.05, 3.63) is 0 Å². The summed E-state index contributed by atoms with van der Waals surface area (Å²) in [6.07, 6.45) is -0.0105. The Labute approximate surface area is 75.7 Å². The van der Waals surface area contributed by atoms with E-state index >= 15 is 0 Å². The highest BCUT2D eigenvalue weighted by Crippen LogP contribution is 2.25. The summed E-state index contributed by atoms with van der Waals surface area (Å²) >= 11 is 0. The van der Waals surface area contributed by atoms with Crippen LogP contribution in [-0.2, 0) is 14.3 Å². The van der Waals surface area contributed by atoms with Crippen molar-refractivity contribution in [3.8, 4) is 0 Å². The van der Waals surface area contributed by atoms with Crippen LogP contribution in [0.4, 0.5) is 4.39 Å². The Morgan fingerprint density at radius 3 is 2.38 bits per heavy atom. The van der Waals surface area contributed by atoms with E-state index in [1.165, 1.54) is 6.92 Å². The average molecular weight is 192 g/mol. The first-order valence-electron chi connectivity index (χ1n) is 3.87. The van der Waals surface area contributed by atoms with Gasteiger partial charge in [0, 0.05) is 0 Å². The van der Waals surface area contributed by atoms with E-state index in [1.807, 2.05) is 0 Å². The van der Waals surface area contributed by atoms with Crippen LogP contribution in [0.1, 0.15) is 19.8 Å². The molecule has 0 rings (SSSR count). The van der Waals surface area contributed by atoms with Gasteiger partial charge in [0.2, 0.25) is 0 Å². The van der Waals surface area contributed by atoms with Crippen LogP contribution in [0, 0.1) is 5.41 Å². The maximum atomic E-state index is 11.8. The van der Waals surface area contributed by atoms with Gasteiger partial charge in [-0.25, -0.2) is 0 Å². The molecule has 0 aromatic rings. The number of aliphatic carboxylic acids is 1. The number of rotatable bonds is 5. The van der Waals surface area contributed by atoms with E-state index in [1.54, 1.807) is 0 Å². The SMILES string of the molecule is COC(=O)C(C)(CCCF)C(=O)O. The lowest BCUT2D eigenvalue weighted by Crippen LogP contribution is -2.37. The van der Waals surface area contributed by atoms with E-state index in [9.17, 15) is 14.0 Å². The molecule has 76 valence electrons. The number of esters is 1. The Hall–Kier alpha value is -1.13. The van der Waals surface area contributed by atoms with E-state index in [4.69, 9.17) is 5.11 Å². The van der Waals surface area contributed by atoms with Crippen molar-refractivity contribution in [2.45, 2.75) is 19.8 Å². The van der Waals surface area contributed by atoms with Gasteiger partial charge in [-0.1, -0.05) is 0 Å². The van der Waals surface area contributed by atoms with Crippen LogP contribution in [0.2, 0.25) is 0 Å². The molecule has 0 amide bonds. The number of methoxy groups -OCH3 is 1. The van der Waals surface area contributed by atoms with Crippen LogP contribution in [0.25, 0.3) is 0 Å². The zero-order chi connectivity index (χ0) is 10.5. The molecule has 0 radical (unpaired) electrons. The van der Waals surface area contributed by atoms with Crippen molar-refractivity contribution in [1.29, 1.82) is 0 Å². The maximum Gasteiger partial charge on any atom is 0.322 e. The van der Waals surface area contributed by atoms with Crippen LogP contribution in [0.15, 0.2) is 0 Å². The first-order chi connectivity index (χ1) is 5.99. The molecule has 0 aromatic carbocycles. The fraction of sp³-hybridized carbons (Fsp3) is 0.750. The lowest BCUT2D eigenvalue weighted by atomic mass is 9.86. The number of carbonyl (C=O) groups is 2. The van der Waals surface area contributed by atoms with Crippen molar-refractivity contribution >= 4 is 11.9 Å². The molecule has 0 fully saturated rings. The minimum atomic E-state index is -1.62. The molecule has 0 aromatic heterocycles. The maximum absolute atomic E-state index is 11.8. The standard InChI is InChI=1S/C8H13FO4/c1-8(6(10)11,4-3-5-9)7(12)13-2/h3-5H2,1-2H3,(H,10,11). The zero-order valence-electron chi connectivity index (χ0n) is 7.67. The molecular formula is C8H13FO4. The molecular weight excluding hydrogens is 179 g/mol. The highest BCUT2D eigenvalue weighted by atomic mass is 19.1. The fourth-order valence-electron chi connectivity index (χ4n) is 0.942. The summed E-state index contributed by atoms with van der Waals surface area (Å²) in [5.41, 5.74) is -1.62. The van der Waals surface area contributed by atoms with Crippen LogP contribution >= 0.6 is 0 Å². The van der Waals surface area contributed by atoms with Crippen LogP contribution in [-0.4, -0.2) is 30.8 Å². The second-order valence-corrected chi connectivity index (χ2v) is 2.92. The van der Waals surface area contributed by atoms with Crippen molar-refractivity contribution in [2.24, 2.45) is 5.41 Å². The lowest BCUT2D eigenvalue weighted by Gasteiger charge is -2.20. The first-order valence-corrected chi connectivity index (χ1v) is 3.87. The van der Waals surface area contributed by atoms with E-state index in [2.05, 4.69) is 4.74 Å². The second-order valence-electron chi connectivity index (χ2n) is 2.92. The molecule has 0 aliphatic heterocycles. The number of ether oxygens (including phenoxy) is 1. The summed E-state index contributed by atoms with van der Waals surface area (Å²) < 4.78 is 16.1. The fourth-order valence-corrected chi connectivity index (χ4v) is 0.942.